The van der Waals surface area contributed by atoms with Crippen LogP contribution in [0.3, 0.4) is 0 Å². The summed E-state index contributed by atoms with van der Waals surface area (Å²) in [4.78, 5) is 0. The fourth-order valence-electron chi connectivity index (χ4n) is 3.45. The molecule has 0 aromatic heterocycles. The first-order valence-electron chi connectivity index (χ1n) is 8.79. The van der Waals surface area contributed by atoms with E-state index in [4.69, 9.17) is 9.47 Å². The van der Waals surface area contributed by atoms with Gasteiger partial charge in [0.25, 0.3) is 0 Å². The van der Waals surface area contributed by atoms with Crippen molar-refractivity contribution in [2.45, 2.75) is 52.7 Å². The highest BCUT2D eigenvalue weighted by Crippen LogP contribution is 2.46. The molecule has 2 atom stereocenters. The standard InChI is InChI=1S/C22H30O2/c1-7-23-21(5,19-13-9-11-17(3)15-19)22(6,24-8-2)20-14-10-12-18(4)16-20/h9-16H,7-8H2,1-6H3. The van der Waals surface area contributed by atoms with E-state index in [1.807, 2.05) is 13.8 Å². The molecule has 2 heteroatoms. The Bertz CT molecular complexity index is 620. The minimum atomic E-state index is -0.586. The maximum absolute atomic E-state index is 6.36. The van der Waals surface area contributed by atoms with E-state index in [0.717, 1.165) is 11.1 Å². The van der Waals surface area contributed by atoms with Gasteiger partial charge in [-0.2, -0.15) is 0 Å². The molecule has 2 unspecified atom stereocenters. The van der Waals surface area contributed by atoms with Crippen LogP contribution in [-0.2, 0) is 20.7 Å². The molecule has 0 aliphatic rings. The molecule has 130 valence electrons. The maximum Gasteiger partial charge on any atom is 0.123 e. The predicted octanol–water partition coefficient (Wildman–Crippen LogP) is 5.51. The van der Waals surface area contributed by atoms with Crippen LogP contribution in [0, 0.1) is 13.8 Å². The SMILES string of the molecule is CCOC(C)(c1cccc(C)c1)C(C)(OCC)c1cccc(C)c1. The molecule has 0 amide bonds. The van der Waals surface area contributed by atoms with E-state index in [1.165, 1.54) is 11.1 Å². The van der Waals surface area contributed by atoms with E-state index >= 15 is 0 Å². The fraction of sp³-hybridized carbons (Fsp3) is 0.455. The van der Waals surface area contributed by atoms with Crippen molar-refractivity contribution in [2.24, 2.45) is 0 Å². The zero-order valence-corrected chi connectivity index (χ0v) is 15.8. The van der Waals surface area contributed by atoms with Crippen LogP contribution >= 0.6 is 0 Å². The second kappa shape index (κ2) is 7.50. The van der Waals surface area contributed by atoms with Gasteiger partial charge in [-0.15, -0.1) is 0 Å². The Kier molecular flexibility index (Phi) is 5.84. The van der Waals surface area contributed by atoms with Gasteiger partial charge in [0.05, 0.1) is 0 Å². The summed E-state index contributed by atoms with van der Waals surface area (Å²) in [5, 5.41) is 0. The molecule has 0 N–H and O–H groups in total. The summed E-state index contributed by atoms with van der Waals surface area (Å²) in [6.07, 6.45) is 0. The van der Waals surface area contributed by atoms with Crippen molar-refractivity contribution in [1.29, 1.82) is 0 Å². The summed E-state index contributed by atoms with van der Waals surface area (Å²) in [7, 11) is 0. The summed E-state index contributed by atoms with van der Waals surface area (Å²) in [5.41, 5.74) is 3.56. The maximum atomic E-state index is 6.36. The molecule has 24 heavy (non-hydrogen) atoms. The Labute approximate surface area is 146 Å². The molecule has 0 aliphatic carbocycles. The normalized spacial score (nSPS) is 16.4. The molecule has 2 aromatic carbocycles. The number of rotatable bonds is 7. The minimum Gasteiger partial charge on any atom is -0.367 e. The Morgan fingerprint density at radius 1 is 0.708 bits per heavy atom. The van der Waals surface area contributed by atoms with Crippen molar-refractivity contribution in [1.82, 2.24) is 0 Å². The van der Waals surface area contributed by atoms with Crippen LogP contribution in [0.5, 0.6) is 0 Å². The van der Waals surface area contributed by atoms with Crippen molar-refractivity contribution < 1.29 is 9.47 Å². The van der Waals surface area contributed by atoms with E-state index in [1.54, 1.807) is 0 Å². The third-order valence-electron chi connectivity index (χ3n) is 4.91. The number of benzene rings is 2. The minimum absolute atomic E-state index is 0.586. The van der Waals surface area contributed by atoms with Gasteiger partial charge in [-0.1, -0.05) is 59.7 Å². The van der Waals surface area contributed by atoms with Crippen LogP contribution in [0.2, 0.25) is 0 Å². The van der Waals surface area contributed by atoms with Gasteiger partial charge < -0.3 is 9.47 Å². The lowest BCUT2D eigenvalue weighted by molar-refractivity contribution is -0.203. The average molecular weight is 326 g/mol. The lowest BCUT2D eigenvalue weighted by Crippen LogP contribution is -2.49. The van der Waals surface area contributed by atoms with Gasteiger partial charge in [0.15, 0.2) is 0 Å². The van der Waals surface area contributed by atoms with Gasteiger partial charge in [0.1, 0.15) is 11.2 Å². The van der Waals surface area contributed by atoms with Crippen molar-refractivity contribution in [3.05, 3.63) is 70.8 Å². The third kappa shape index (κ3) is 3.40. The molecular formula is C22H30O2. The highest BCUT2D eigenvalue weighted by Gasteiger charge is 2.49. The molecule has 0 saturated heterocycles. The summed E-state index contributed by atoms with van der Waals surface area (Å²) in [6, 6.07) is 17.1. The van der Waals surface area contributed by atoms with E-state index in [0.29, 0.717) is 13.2 Å². The van der Waals surface area contributed by atoms with Crippen LogP contribution in [0.1, 0.15) is 49.9 Å². The Hall–Kier alpha value is -1.64. The van der Waals surface area contributed by atoms with Gasteiger partial charge in [0, 0.05) is 13.2 Å². The van der Waals surface area contributed by atoms with Crippen LogP contribution < -0.4 is 0 Å². The zero-order chi connectivity index (χ0) is 17.8. The zero-order valence-electron chi connectivity index (χ0n) is 15.8. The largest absolute Gasteiger partial charge is 0.367 e. The molecule has 2 nitrogen and oxygen atoms in total. The van der Waals surface area contributed by atoms with Gasteiger partial charge in [-0.25, -0.2) is 0 Å². The van der Waals surface area contributed by atoms with Gasteiger partial charge in [0.2, 0.25) is 0 Å². The van der Waals surface area contributed by atoms with E-state index in [2.05, 4.69) is 76.2 Å². The molecule has 0 bridgehead atoms. The van der Waals surface area contributed by atoms with Crippen LogP contribution in [0.15, 0.2) is 48.5 Å². The van der Waals surface area contributed by atoms with Gasteiger partial charge in [-0.3, -0.25) is 0 Å². The molecule has 0 saturated carbocycles. The molecule has 0 aliphatic heterocycles. The lowest BCUT2D eigenvalue weighted by Gasteiger charge is -2.46. The number of hydrogen-bond donors (Lipinski definition) is 0. The molecule has 2 aromatic rings. The fourth-order valence-corrected chi connectivity index (χ4v) is 3.45. The topological polar surface area (TPSA) is 18.5 Å². The van der Waals surface area contributed by atoms with Gasteiger partial charge >= 0.3 is 0 Å². The summed E-state index contributed by atoms with van der Waals surface area (Å²) >= 11 is 0. The molecule has 0 spiro atoms. The first-order chi connectivity index (χ1) is 11.4. The lowest BCUT2D eigenvalue weighted by atomic mass is 9.74. The van der Waals surface area contributed by atoms with Crippen molar-refractivity contribution in [3.63, 3.8) is 0 Å². The molecular weight excluding hydrogens is 296 g/mol. The molecule has 0 radical (unpaired) electrons. The quantitative estimate of drug-likeness (QED) is 0.668. The molecule has 0 fully saturated rings. The first kappa shape index (κ1) is 18.7. The first-order valence-corrected chi connectivity index (χ1v) is 8.79. The number of aryl methyl sites for hydroxylation is 2. The van der Waals surface area contributed by atoms with Crippen LogP contribution in [0.4, 0.5) is 0 Å². The highest BCUT2D eigenvalue weighted by molar-refractivity contribution is 5.36. The Balaban J connectivity index is 2.67. The van der Waals surface area contributed by atoms with Crippen molar-refractivity contribution in [3.8, 4) is 0 Å². The highest BCUT2D eigenvalue weighted by atomic mass is 16.6. The van der Waals surface area contributed by atoms with Gasteiger partial charge in [-0.05, 0) is 52.7 Å². The second-order valence-electron chi connectivity index (χ2n) is 6.67. The van der Waals surface area contributed by atoms with Crippen molar-refractivity contribution in [2.75, 3.05) is 13.2 Å². The third-order valence-corrected chi connectivity index (χ3v) is 4.91. The monoisotopic (exact) mass is 326 g/mol. The molecule has 0 heterocycles. The van der Waals surface area contributed by atoms with Crippen LogP contribution in [0.25, 0.3) is 0 Å². The second-order valence-corrected chi connectivity index (χ2v) is 6.67. The predicted molar refractivity (Wildman–Crippen MR) is 100 cm³/mol. The number of hydrogen-bond acceptors (Lipinski definition) is 2. The molecule has 2 rings (SSSR count). The Morgan fingerprint density at radius 3 is 1.38 bits per heavy atom. The summed E-state index contributed by atoms with van der Waals surface area (Å²) in [5.74, 6) is 0. The van der Waals surface area contributed by atoms with Crippen molar-refractivity contribution >= 4 is 0 Å². The van der Waals surface area contributed by atoms with E-state index in [9.17, 15) is 0 Å². The van der Waals surface area contributed by atoms with Crippen LogP contribution in [-0.4, -0.2) is 13.2 Å². The summed E-state index contributed by atoms with van der Waals surface area (Å²) in [6.45, 7) is 13.8. The van der Waals surface area contributed by atoms with E-state index < -0.39 is 11.2 Å². The van der Waals surface area contributed by atoms with E-state index in [-0.39, 0.29) is 0 Å². The summed E-state index contributed by atoms with van der Waals surface area (Å²) < 4.78 is 12.7. The number of ether oxygens (including phenoxy) is 2. The smallest absolute Gasteiger partial charge is 0.123 e. The Morgan fingerprint density at radius 2 is 1.08 bits per heavy atom. The average Bonchev–Trinajstić information content (AvgIpc) is 2.55.